The minimum Gasteiger partial charge on any atom is -0.508 e. The molecule has 1 saturated heterocycles. The van der Waals surface area contributed by atoms with Crippen molar-refractivity contribution in [1.29, 1.82) is 5.41 Å². The number of carbonyl (C=O) groups is 12. The largest absolute Gasteiger partial charge is 0.508 e. The lowest BCUT2D eigenvalue weighted by Crippen LogP contribution is -2.61. The number of Topliss-reactive ketones (excluding diaryl/α,β-unsaturated/α-hetero) is 4. The van der Waals surface area contributed by atoms with Crippen LogP contribution in [-0.2, 0) is 70.5 Å². The van der Waals surface area contributed by atoms with Gasteiger partial charge in [0.15, 0.2) is 29.1 Å². The molecule has 0 saturated carbocycles. The van der Waals surface area contributed by atoms with Gasteiger partial charge in [-0.15, -0.1) is 0 Å². The molecule has 564 valence electrons. The highest BCUT2D eigenvalue weighted by atomic mass is 16.4. The summed E-state index contributed by atoms with van der Waals surface area (Å²) in [6, 6.07) is -2.20. The molecular weight excluding hydrogens is 1300 g/mol. The number of amidine groups is 1. The summed E-state index contributed by atoms with van der Waals surface area (Å²) in [5.41, 5.74) is 34.4. The number of rotatable bonds is 52. The number of aliphatic hydroxyl groups excluding tert-OH is 1. The van der Waals surface area contributed by atoms with Gasteiger partial charge in [0.25, 0.3) is 0 Å². The fourth-order valence-corrected chi connectivity index (χ4v) is 12.4. The van der Waals surface area contributed by atoms with Crippen LogP contribution in [0.1, 0.15) is 182 Å². The maximum absolute atomic E-state index is 14.8. The van der Waals surface area contributed by atoms with Gasteiger partial charge in [-0.1, -0.05) is 59.6 Å². The zero-order chi connectivity index (χ0) is 75.5. The van der Waals surface area contributed by atoms with Crippen molar-refractivity contribution in [3.05, 3.63) is 48.5 Å². The Hall–Kier alpha value is -8.71. The van der Waals surface area contributed by atoms with E-state index in [9.17, 15) is 72.9 Å². The number of carbonyl (C=O) groups excluding carboxylic acids is 11. The van der Waals surface area contributed by atoms with E-state index < -0.39 is 150 Å². The first kappa shape index (κ1) is 86.5. The number of imidazole rings is 1. The van der Waals surface area contributed by atoms with E-state index in [1.807, 2.05) is 27.7 Å². The van der Waals surface area contributed by atoms with Crippen LogP contribution in [0.2, 0.25) is 0 Å². The molecule has 1 fully saturated rings. The number of primary amides is 1. The third-order valence-corrected chi connectivity index (χ3v) is 18.0. The standard InChI is InChI=1S/C70H114N16O15/c1-41(2)31-47(63(75)95)35-56(89)52(18-13-27-79-70(76)77)81-65(97)48(33-45-21-23-50(88)24-22-45)36-57(90)51(17-10-12-26-72)80-66(98)49(38-61(93)94)37-59(92)62(44(6)87)84-67(99)54(39-85-30-28-78-40-85)83-68(100)55-19-14-29-86(55)69(101)46(16-7-8-20-60(73)74)34-58(91)53(32-42(3)4)82-64(96)43(5)15-9-11-25-71/h21-24,28,30,40-44,46-49,51-55,62,87H,7-20,25-27,29,31-39,71-72H2,1-6H3,(H16,73,74,75,76,77,79,80,81,82,83,84,88,93,94,95,96,97,98,99,100)/p+1/t43-,44+,46+,47+,48+,49-,51-,52-,53-,54-,55-,62-/m0/s1. The van der Waals surface area contributed by atoms with Crippen LogP contribution in [-0.4, -0.2) is 176 Å². The molecule has 0 aliphatic carbocycles. The molecule has 22 N–H and O–H groups in total. The number of phenols is 1. The Morgan fingerprint density at radius 2 is 1.18 bits per heavy atom. The summed E-state index contributed by atoms with van der Waals surface area (Å²) in [6.45, 7) is 11.1. The SMILES string of the molecule is CC(C)C[C@H](CC(=O)[C@H](CCCN=C(N)N)NC(=O)[C@@H](CC(=O)[C@H](CCCCN)NC(=O)[C@H](CC(=O)O)CC(=O)[C@@H](NC(=O)[C@H](C[n+]1cc[nH]c1)NC(=O)[C@@H]1CCCN1C(=O)[C@H](CCCCC(=N)N)CC(=O)[C@H](CC(C)C)NC(=O)[C@@H](C)CCCCN)[C@@H](C)O)Cc1ccc(O)cc1)C(N)=O. The molecule has 0 bridgehead atoms. The minimum atomic E-state index is -1.82. The lowest BCUT2D eigenvalue weighted by molar-refractivity contribution is -0.696. The molecule has 0 spiro atoms. The molecule has 31 heteroatoms. The molecule has 1 aliphatic heterocycles. The first-order chi connectivity index (χ1) is 47.7. The second kappa shape index (κ2) is 45.2. The summed E-state index contributed by atoms with van der Waals surface area (Å²) < 4.78 is 1.51. The van der Waals surface area contributed by atoms with Crippen molar-refractivity contribution in [3.8, 4) is 5.75 Å². The number of aromatic nitrogens is 2. The van der Waals surface area contributed by atoms with Crippen molar-refractivity contribution in [3.63, 3.8) is 0 Å². The van der Waals surface area contributed by atoms with Gasteiger partial charge in [-0.25, -0.2) is 4.57 Å². The lowest BCUT2D eigenvalue weighted by atomic mass is 9.87. The normalized spacial score (nSPS) is 16.2. The maximum Gasteiger partial charge on any atom is 0.304 e. The van der Waals surface area contributed by atoms with Crippen LogP contribution in [0.5, 0.6) is 5.75 Å². The van der Waals surface area contributed by atoms with Gasteiger partial charge in [0.2, 0.25) is 47.7 Å². The van der Waals surface area contributed by atoms with E-state index in [4.69, 9.17) is 39.8 Å². The third-order valence-electron chi connectivity index (χ3n) is 18.0. The van der Waals surface area contributed by atoms with Crippen LogP contribution < -0.4 is 65.6 Å². The number of aromatic amines is 1. The number of likely N-dealkylation sites (tertiary alicyclic amines) is 1. The van der Waals surface area contributed by atoms with Gasteiger partial charge >= 0.3 is 5.97 Å². The Labute approximate surface area is 592 Å². The summed E-state index contributed by atoms with van der Waals surface area (Å²) in [5.74, 6) is -14.8. The van der Waals surface area contributed by atoms with E-state index in [1.54, 1.807) is 13.1 Å². The van der Waals surface area contributed by atoms with E-state index in [2.05, 4.69) is 36.6 Å². The molecule has 12 atom stereocenters. The number of aliphatic imine (C=N–C) groups is 1. The van der Waals surface area contributed by atoms with E-state index >= 15 is 0 Å². The van der Waals surface area contributed by atoms with Crippen molar-refractivity contribution in [2.24, 2.45) is 80.8 Å². The highest BCUT2D eigenvalue weighted by Crippen LogP contribution is 2.28. The highest BCUT2D eigenvalue weighted by molar-refractivity contribution is 6.00. The van der Waals surface area contributed by atoms with Crippen molar-refractivity contribution in [1.82, 2.24) is 36.5 Å². The number of ketones is 4. The van der Waals surface area contributed by atoms with Crippen LogP contribution in [0.25, 0.3) is 0 Å². The number of carboxylic acids is 1. The number of carboxylic acid groups (broad SMARTS) is 1. The molecule has 2 heterocycles. The summed E-state index contributed by atoms with van der Waals surface area (Å²) in [6.07, 6.45) is 4.92. The molecule has 7 amide bonds. The number of H-pyrrole nitrogens is 1. The first-order valence-electron chi connectivity index (χ1n) is 35.5. The topological polar surface area (TPSA) is 541 Å². The summed E-state index contributed by atoms with van der Waals surface area (Å²) in [7, 11) is 0. The van der Waals surface area contributed by atoms with Crippen molar-refractivity contribution < 1.29 is 77.4 Å². The quantitative estimate of drug-likeness (QED) is 0.0189. The van der Waals surface area contributed by atoms with Crippen molar-refractivity contribution in [2.45, 2.75) is 232 Å². The number of nitrogens with two attached hydrogens (primary N) is 6. The van der Waals surface area contributed by atoms with Crippen LogP contribution >= 0.6 is 0 Å². The monoisotopic (exact) mass is 1420 g/mol. The minimum absolute atomic E-state index is 0.0115. The van der Waals surface area contributed by atoms with E-state index in [1.165, 1.54) is 53.2 Å². The van der Waals surface area contributed by atoms with Gasteiger partial charge in [0.05, 0.1) is 42.4 Å². The number of benzene rings is 1. The number of unbranched alkanes of at least 4 members (excludes halogenated alkanes) is 3. The summed E-state index contributed by atoms with van der Waals surface area (Å²) >= 11 is 0. The Morgan fingerprint density at radius 3 is 1.73 bits per heavy atom. The first-order valence-corrected chi connectivity index (χ1v) is 35.5. The third kappa shape index (κ3) is 32.2. The van der Waals surface area contributed by atoms with Gasteiger partial charge in [-0.2, -0.15) is 0 Å². The number of aliphatic carboxylic acids is 1. The molecule has 2 aromatic rings. The second-order valence-corrected chi connectivity index (χ2v) is 27.8. The van der Waals surface area contributed by atoms with Crippen molar-refractivity contribution in [2.75, 3.05) is 26.2 Å². The molecule has 3 rings (SSSR count). The second-order valence-electron chi connectivity index (χ2n) is 27.8. The number of amides is 7. The van der Waals surface area contributed by atoms with Gasteiger partial charge in [0.1, 0.15) is 42.8 Å². The zero-order valence-corrected chi connectivity index (χ0v) is 59.8. The Balaban J connectivity index is 1.96. The molecule has 1 aliphatic rings. The van der Waals surface area contributed by atoms with E-state index in [0.717, 1.165) is 12.8 Å². The van der Waals surface area contributed by atoms with E-state index in [0.29, 0.717) is 50.6 Å². The number of guanidine groups is 1. The predicted molar refractivity (Wildman–Crippen MR) is 377 cm³/mol. The van der Waals surface area contributed by atoms with Gasteiger partial charge in [-0.05, 0) is 139 Å². The number of aliphatic hydroxyl groups is 1. The summed E-state index contributed by atoms with van der Waals surface area (Å²) in [4.78, 5) is 177. The molecule has 101 heavy (non-hydrogen) atoms. The van der Waals surface area contributed by atoms with Crippen LogP contribution in [0.15, 0.2) is 48.0 Å². The lowest BCUT2D eigenvalue weighted by Gasteiger charge is -2.30. The van der Waals surface area contributed by atoms with Crippen LogP contribution in [0.4, 0.5) is 0 Å². The molecule has 0 unspecified atom stereocenters. The van der Waals surface area contributed by atoms with Crippen LogP contribution in [0, 0.1) is 46.8 Å². The molecule has 1 aromatic heterocycles. The average Bonchev–Trinajstić information content (AvgIpc) is 1.77. The maximum atomic E-state index is 14.8. The van der Waals surface area contributed by atoms with Gasteiger partial charge < -0.3 is 81.2 Å². The van der Waals surface area contributed by atoms with Crippen molar-refractivity contribution >= 4 is 82.2 Å². The Kier molecular flexibility index (Phi) is 38.7. The number of nitrogens with one attached hydrogen (secondary N) is 7. The molecule has 31 nitrogen and oxygen atoms in total. The number of hydrogen-bond acceptors (Lipinski definition) is 18. The average molecular weight is 1420 g/mol. The fourth-order valence-electron chi connectivity index (χ4n) is 12.4. The Bertz CT molecular complexity index is 3070. The molecular formula is C70H115N16O15+. The number of hydrogen-bond donors (Lipinski definition) is 16. The van der Waals surface area contributed by atoms with Gasteiger partial charge in [0, 0.05) is 68.9 Å². The number of nitrogens with zero attached hydrogens (tertiary/aromatic N) is 3. The van der Waals surface area contributed by atoms with Gasteiger partial charge in [-0.3, -0.25) is 72.9 Å². The molecule has 1 aromatic carbocycles. The number of aromatic hydroxyl groups is 1. The number of phenolic OH excluding ortho intramolecular Hbond substituents is 1. The summed E-state index contributed by atoms with van der Waals surface area (Å²) in [5, 5.41) is 52.7. The Morgan fingerprint density at radius 1 is 0.624 bits per heavy atom. The molecule has 0 radical (unpaired) electrons. The fraction of sp³-hybridized carbons (Fsp3) is 0.671. The van der Waals surface area contributed by atoms with Crippen LogP contribution in [0.3, 0.4) is 0 Å². The zero-order valence-electron chi connectivity index (χ0n) is 59.8. The van der Waals surface area contributed by atoms with E-state index in [-0.39, 0.29) is 138 Å². The highest BCUT2D eigenvalue weighted by Gasteiger charge is 2.42. The predicted octanol–water partition coefficient (Wildman–Crippen LogP) is 0.844. The smallest absolute Gasteiger partial charge is 0.304 e.